The van der Waals surface area contributed by atoms with E-state index in [1.807, 2.05) is 6.07 Å². The van der Waals surface area contributed by atoms with Crippen LogP contribution in [0.4, 0.5) is 0 Å². The first-order valence-corrected chi connectivity index (χ1v) is 11.0. The standard InChI is InChI=1S/C19H31N3O2S/c1-17-9-14-22(15-10-17)25(23,24)20-19-8-5-12-21(16-19)13-11-18-6-3-2-4-7-18/h2-4,6-7,17,19-20H,5,8-16H2,1H3. The van der Waals surface area contributed by atoms with Crippen molar-refractivity contribution < 1.29 is 8.42 Å². The van der Waals surface area contributed by atoms with Crippen molar-refractivity contribution in [2.45, 2.75) is 45.1 Å². The molecule has 2 saturated heterocycles. The minimum Gasteiger partial charge on any atom is -0.301 e. The third-order valence-corrected chi connectivity index (χ3v) is 7.14. The maximum Gasteiger partial charge on any atom is 0.279 e. The Morgan fingerprint density at radius 2 is 1.80 bits per heavy atom. The van der Waals surface area contributed by atoms with Crippen LogP contribution >= 0.6 is 0 Å². The first kappa shape index (κ1) is 18.8. The second-order valence-electron chi connectivity index (χ2n) is 7.58. The van der Waals surface area contributed by atoms with Gasteiger partial charge in [0.15, 0.2) is 0 Å². The summed E-state index contributed by atoms with van der Waals surface area (Å²) in [5.74, 6) is 0.634. The van der Waals surface area contributed by atoms with Crippen molar-refractivity contribution in [2.24, 2.45) is 5.92 Å². The average Bonchev–Trinajstić information content (AvgIpc) is 2.61. The van der Waals surface area contributed by atoms with E-state index in [1.165, 1.54) is 5.56 Å². The third-order valence-electron chi connectivity index (χ3n) is 5.46. The molecule has 5 nitrogen and oxygen atoms in total. The fraction of sp³-hybridized carbons (Fsp3) is 0.684. The largest absolute Gasteiger partial charge is 0.301 e. The van der Waals surface area contributed by atoms with Crippen molar-refractivity contribution in [1.82, 2.24) is 13.9 Å². The fourth-order valence-electron chi connectivity index (χ4n) is 3.80. The molecule has 1 aromatic rings. The molecule has 2 fully saturated rings. The van der Waals surface area contributed by atoms with Gasteiger partial charge in [0.25, 0.3) is 10.2 Å². The Morgan fingerprint density at radius 3 is 2.52 bits per heavy atom. The van der Waals surface area contributed by atoms with Crippen LogP contribution in [0.2, 0.25) is 0 Å². The Kier molecular flexibility index (Phi) is 6.49. The summed E-state index contributed by atoms with van der Waals surface area (Å²) in [6, 6.07) is 10.5. The number of benzene rings is 1. The number of hydrogen-bond donors (Lipinski definition) is 1. The number of nitrogens with one attached hydrogen (secondary N) is 1. The number of hydrogen-bond acceptors (Lipinski definition) is 3. The van der Waals surface area contributed by atoms with Gasteiger partial charge in [0, 0.05) is 32.2 Å². The van der Waals surface area contributed by atoms with Crippen LogP contribution < -0.4 is 4.72 Å². The van der Waals surface area contributed by atoms with Crippen LogP contribution in [0.15, 0.2) is 30.3 Å². The second kappa shape index (κ2) is 8.62. The van der Waals surface area contributed by atoms with Crippen LogP contribution in [0.3, 0.4) is 0 Å². The third kappa shape index (κ3) is 5.51. The highest BCUT2D eigenvalue weighted by molar-refractivity contribution is 7.87. The van der Waals surface area contributed by atoms with E-state index in [-0.39, 0.29) is 6.04 Å². The number of piperidine rings is 2. The van der Waals surface area contributed by atoms with E-state index in [4.69, 9.17) is 0 Å². The minimum atomic E-state index is -3.34. The van der Waals surface area contributed by atoms with Gasteiger partial charge in [-0.2, -0.15) is 17.4 Å². The van der Waals surface area contributed by atoms with E-state index in [1.54, 1.807) is 4.31 Å². The number of rotatable bonds is 6. The lowest BCUT2D eigenvalue weighted by atomic mass is 10.0. The lowest BCUT2D eigenvalue weighted by molar-refractivity contribution is 0.201. The molecular formula is C19H31N3O2S. The molecule has 0 amide bonds. The van der Waals surface area contributed by atoms with Crippen molar-refractivity contribution in [3.63, 3.8) is 0 Å². The topological polar surface area (TPSA) is 52.7 Å². The molecule has 3 rings (SSSR count). The maximum atomic E-state index is 12.6. The van der Waals surface area contributed by atoms with Gasteiger partial charge in [-0.15, -0.1) is 0 Å². The molecule has 1 atom stereocenters. The molecule has 1 N–H and O–H groups in total. The molecule has 6 heteroatoms. The minimum absolute atomic E-state index is 0.0360. The molecule has 1 unspecified atom stereocenters. The van der Waals surface area contributed by atoms with Gasteiger partial charge >= 0.3 is 0 Å². The smallest absolute Gasteiger partial charge is 0.279 e. The first-order valence-electron chi connectivity index (χ1n) is 9.56. The van der Waals surface area contributed by atoms with Crippen LogP contribution in [-0.2, 0) is 16.6 Å². The quantitative estimate of drug-likeness (QED) is 0.841. The van der Waals surface area contributed by atoms with E-state index >= 15 is 0 Å². The van der Waals surface area contributed by atoms with Gasteiger partial charge < -0.3 is 4.90 Å². The molecule has 0 bridgehead atoms. The molecule has 2 aliphatic heterocycles. The second-order valence-corrected chi connectivity index (χ2v) is 9.28. The summed E-state index contributed by atoms with van der Waals surface area (Å²) >= 11 is 0. The van der Waals surface area contributed by atoms with Gasteiger partial charge in [0.2, 0.25) is 0 Å². The summed E-state index contributed by atoms with van der Waals surface area (Å²) in [5, 5.41) is 0. The predicted molar refractivity (Wildman–Crippen MR) is 102 cm³/mol. The van der Waals surface area contributed by atoms with Crippen molar-refractivity contribution in [3.05, 3.63) is 35.9 Å². The lowest BCUT2D eigenvalue weighted by Crippen LogP contribution is -2.53. The van der Waals surface area contributed by atoms with Crippen LogP contribution in [0, 0.1) is 5.92 Å². The van der Waals surface area contributed by atoms with E-state index in [9.17, 15) is 8.42 Å². The summed E-state index contributed by atoms with van der Waals surface area (Å²) < 4.78 is 29.9. The van der Waals surface area contributed by atoms with E-state index in [0.29, 0.717) is 19.0 Å². The van der Waals surface area contributed by atoms with Crippen LogP contribution in [0.1, 0.15) is 38.2 Å². The molecule has 0 spiro atoms. The van der Waals surface area contributed by atoms with Crippen molar-refractivity contribution in [3.8, 4) is 0 Å². The van der Waals surface area contributed by atoms with Crippen LogP contribution in [-0.4, -0.2) is 56.4 Å². The Balaban J connectivity index is 1.49. The predicted octanol–water partition coefficient (Wildman–Crippen LogP) is 2.26. The summed E-state index contributed by atoms with van der Waals surface area (Å²) in [6.07, 6.45) is 4.94. The van der Waals surface area contributed by atoms with E-state index in [2.05, 4.69) is 40.8 Å². The molecule has 2 heterocycles. The normalized spacial score (nSPS) is 24.4. The highest BCUT2D eigenvalue weighted by Gasteiger charge is 2.30. The molecule has 1 aromatic carbocycles. The molecular weight excluding hydrogens is 334 g/mol. The lowest BCUT2D eigenvalue weighted by Gasteiger charge is -2.35. The number of nitrogens with zero attached hydrogens (tertiary/aromatic N) is 2. The Hall–Kier alpha value is -0.950. The summed E-state index contributed by atoms with van der Waals surface area (Å²) in [6.45, 7) is 6.37. The molecule has 140 valence electrons. The zero-order valence-electron chi connectivity index (χ0n) is 15.2. The van der Waals surface area contributed by atoms with Crippen molar-refractivity contribution in [2.75, 3.05) is 32.7 Å². The SMILES string of the molecule is CC1CCN(S(=O)(=O)NC2CCCN(CCc3ccccc3)C2)CC1. The Labute approximate surface area is 152 Å². The first-order chi connectivity index (χ1) is 12.0. The van der Waals surface area contributed by atoms with Crippen LogP contribution in [0.5, 0.6) is 0 Å². The summed E-state index contributed by atoms with van der Waals surface area (Å²) in [5.41, 5.74) is 1.34. The van der Waals surface area contributed by atoms with Crippen LogP contribution in [0.25, 0.3) is 0 Å². The Bertz CT molecular complexity index is 627. The van der Waals surface area contributed by atoms with Gasteiger partial charge in [-0.1, -0.05) is 37.3 Å². The zero-order valence-corrected chi connectivity index (χ0v) is 16.0. The maximum absolute atomic E-state index is 12.6. The van der Waals surface area contributed by atoms with E-state index in [0.717, 1.165) is 51.7 Å². The van der Waals surface area contributed by atoms with Gasteiger partial charge in [0.1, 0.15) is 0 Å². The van der Waals surface area contributed by atoms with Gasteiger partial charge in [0.05, 0.1) is 0 Å². The average molecular weight is 366 g/mol. The van der Waals surface area contributed by atoms with Crippen molar-refractivity contribution in [1.29, 1.82) is 0 Å². The summed E-state index contributed by atoms with van der Waals surface area (Å²) in [7, 11) is -3.34. The van der Waals surface area contributed by atoms with Gasteiger partial charge in [-0.3, -0.25) is 0 Å². The van der Waals surface area contributed by atoms with Gasteiger partial charge in [-0.25, -0.2) is 0 Å². The Morgan fingerprint density at radius 1 is 1.08 bits per heavy atom. The molecule has 2 aliphatic rings. The molecule has 0 aromatic heterocycles. The van der Waals surface area contributed by atoms with Crippen molar-refractivity contribution >= 4 is 10.2 Å². The fourth-order valence-corrected chi connectivity index (χ4v) is 5.25. The van der Waals surface area contributed by atoms with E-state index < -0.39 is 10.2 Å². The molecule has 0 aliphatic carbocycles. The summed E-state index contributed by atoms with van der Waals surface area (Å²) in [4.78, 5) is 2.39. The molecule has 25 heavy (non-hydrogen) atoms. The molecule has 0 saturated carbocycles. The highest BCUT2D eigenvalue weighted by Crippen LogP contribution is 2.19. The molecule has 0 radical (unpaired) electrons. The van der Waals surface area contributed by atoms with Gasteiger partial charge in [-0.05, 0) is 50.1 Å². The monoisotopic (exact) mass is 365 g/mol. The highest BCUT2D eigenvalue weighted by atomic mass is 32.2. The number of likely N-dealkylation sites (tertiary alicyclic amines) is 1. The zero-order chi connectivity index (χ0) is 17.7.